The fourth-order valence-corrected chi connectivity index (χ4v) is 3.74. The molecule has 1 fully saturated rings. The minimum atomic E-state index is -0.490. The van der Waals surface area contributed by atoms with Crippen molar-refractivity contribution in [2.45, 2.75) is 46.5 Å². The number of hydrogen-bond acceptors (Lipinski definition) is 5. The Bertz CT molecular complexity index is 825. The predicted octanol–water partition coefficient (Wildman–Crippen LogP) is 3.61. The first-order valence-electron chi connectivity index (χ1n) is 8.82. The van der Waals surface area contributed by atoms with Crippen LogP contribution in [0.15, 0.2) is 24.3 Å². The minimum Gasteiger partial charge on any atom is -0.311 e. The van der Waals surface area contributed by atoms with E-state index in [1.165, 1.54) is 11.3 Å². The van der Waals surface area contributed by atoms with Crippen molar-refractivity contribution in [1.29, 1.82) is 0 Å². The Morgan fingerprint density at radius 1 is 1.31 bits per heavy atom. The molecule has 1 aromatic carbocycles. The number of aryl methyl sites for hydroxylation is 1. The molecule has 1 aromatic heterocycles. The second-order valence-electron chi connectivity index (χ2n) is 7.54. The van der Waals surface area contributed by atoms with E-state index >= 15 is 0 Å². The highest BCUT2D eigenvalue weighted by Crippen LogP contribution is 2.35. The van der Waals surface area contributed by atoms with Crippen LogP contribution in [0.25, 0.3) is 0 Å². The lowest BCUT2D eigenvalue weighted by Gasteiger charge is -2.19. The quantitative estimate of drug-likeness (QED) is 0.890. The lowest BCUT2D eigenvalue weighted by molar-refractivity contribution is -0.123. The molecule has 0 saturated carbocycles. The number of para-hydroxylation sites is 1. The maximum Gasteiger partial charge on any atom is 0.231 e. The topological polar surface area (TPSA) is 75.2 Å². The van der Waals surface area contributed by atoms with Gasteiger partial charge in [-0.15, -0.1) is 10.2 Å². The van der Waals surface area contributed by atoms with Crippen molar-refractivity contribution in [1.82, 2.24) is 10.2 Å². The van der Waals surface area contributed by atoms with Crippen LogP contribution in [0.1, 0.15) is 50.6 Å². The van der Waals surface area contributed by atoms with Gasteiger partial charge in [0.05, 0.1) is 0 Å². The third-order valence-electron chi connectivity index (χ3n) is 4.48. The van der Waals surface area contributed by atoms with Crippen molar-refractivity contribution < 1.29 is 9.59 Å². The van der Waals surface area contributed by atoms with Gasteiger partial charge >= 0.3 is 0 Å². The molecule has 1 atom stereocenters. The standard InChI is InChI=1S/C19H24N4O2S/c1-5-12-8-6-7-9-14(12)23-11-13(10-15(23)24)16-21-22-18(26-16)20-17(25)19(2,3)4/h6-9,13H,5,10-11H2,1-4H3,(H,20,22,25)/t13-/m1/s1. The molecule has 2 amide bonds. The van der Waals surface area contributed by atoms with E-state index in [1.54, 1.807) is 0 Å². The van der Waals surface area contributed by atoms with Gasteiger partial charge in [0.1, 0.15) is 5.01 Å². The van der Waals surface area contributed by atoms with Gasteiger partial charge in [0.25, 0.3) is 0 Å². The number of rotatable bonds is 4. The Morgan fingerprint density at radius 2 is 2.04 bits per heavy atom. The molecule has 0 bridgehead atoms. The second kappa shape index (κ2) is 7.15. The van der Waals surface area contributed by atoms with Crippen LogP contribution in [-0.2, 0) is 16.0 Å². The molecule has 1 saturated heterocycles. The summed E-state index contributed by atoms with van der Waals surface area (Å²) in [6.45, 7) is 8.23. The molecule has 0 spiro atoms. The van der Waals surface area contributed by atoms with Gasteiger partial charge in [-0.1, -0.05) is 57.2 Å². The zero-order valence-electron chi connectivity index (χ0n) is 15.6. The van der Waals surface area contributed by atoms with Gasteiger partial charge in [0, 0.05) is 30.0 Å². The van der Waals surface area contributed by atoms with Gasteiger partial charge in [0.2, 0.25) is 16.9 Å². The summed E-state index contributed by atoms with van der Waals surface area (Å²) in [5.41, 5.74) is 1.65. The molecular formula is C19H24N4O2S. The first kappa shape index (κ1) is 18.5. The predicted molar refractivity (Wildman–Crippen MR) is 104 cm³/mol. The first-order valence-corrected chi connectivity index (χ1v) is 9.64. The van der Waals surface area contributed by atoms with E-state index < -0.39 is 5.41 Å². The summed E-state index contributed by atoms with van der Waals surface area (Å²) in [5, 5.41) is 12.4. The van der Waals surface area contributed by atoms with Crippen LogP contribution in [0.3, 0.4) is 0 Å². The molecule has 2 aromatic rings. The van der Waals surface area contributed by atoms with Gasteiger partial charge in [-0.25, -0.2) is 0 Å². The highest BCUT2D eigenvalue weighted by Gasteiger charge is 2.34. The summed E-state index contributed by atoms with van der Waals surface area (Å²) in [6, 6.07) is 8.00. The average Bonchev–Trinajstić information content (AvgIpc) is 3.20. The van der Waals surface area contributed by atoms with Crippen molar-refractivity contribution in [2.24, 2.45) is 5.41 Å². The normalized spacial score (nSPS) is 17.6. The third-order valence-corrected chi connectivity index (χ3v) is 5.48. The molecule has 0 aliphatic carbocycles. The molecule has 0 unspecified atom stereocenters. The summed E-state index contributed by atoms with van der Waals surface area (Å²) in [6.07, 6.45) is 1.30. The van der Waals surface area contributed by atoms with Crippen LogP contribution >= 0.6 is 11.3 Å². The molecule has 1 aliphatic heterocycles. The van der Waals surface area contributed by atoms with Gasteiger partial charge in [-0.3, -0.25) is 9.59 Å². The van der Waals surface area contributed by atoms with Crippen LogP contribution in [0.2, 0.25) is 0 Å². The number of hydrogen-bond donors (Lipinski definition) is 1. The zero-order valence-corrected chi connectivity index (χ0v) is 16.4. The Labute approximate surface area is 157 Å². The molecular weight excluding hydrogens is 348 g/mol. The molecule has 138 valence electrons. The fraction of sp³-hybridized carbons (Fsp3) is 0.474. The fourth-order valence-electron chi connectivity index (χ4n) is 2.91. The Hall–Kier alpha value is -2.28. The number of anilines is 2. The lowest BCUT2D eigenvalue weighted by atomic mass is 9.96. The number of benzene rings is 1. The summed E-state index contributed by atoms with van der Waals surface area (Å²) < 4.78 is 0. The van der Waals surface area contributed by atoms with Crippen LogP contribution in [0.5, 0.6) is 0 Å². The molecule has 1 aliphatic rings. The van der Waals surface area contributed by atoms with Gasteiger partial charge in [-0.2, -0.15) is 0 Å². The van der Waals surface area contributed by atoms with E-state index in [1.807, 2.05) is 43.9 Å². The zero-order chi connectivity index (χ0) is 18.9. The molecule has 6 nitrogen and oxygen atoms in total. The Kier molecular flexibility index (Phi) is 5.09. The smallest absolute Gasteiger partial charge is 0.231 e. The number of carbonyl (C=O) groups excluding carboxylic acids is 2. The summed E-state index contributed by atoms with van der Waals surface area (Å²) in [4.78, 5) is 26.5. The molecule has 1 N–H and O–H groups in total. The summed E-state index contributed by atoms with van der Waals surface area (Å²) in [5.74, 6) is 0.0118. The number of carbonyl (C=O) groups is 2. The summed E-state index contributed by atoms with van der Waals surface area (Å²) in [7, 11) is 0. The van der Waals surface area contributed by atoms with E-state index in [-0.39, 0.29) is 17.7 Å². The van der Waals surface area contributed by atoms with E-state index in [0.717, 1.165) is 22.7 Å². The van der Waals surface area contributed by atoms with E-state index in [0.29, 0.717) is 18.1 Å². The van der Waals surface area contributed by atoms with E-state index in [4.69, 9.17) is 0 Å². The van der Waals surface area contributed by atoms with Crippen molar-refractivity contribution in [3.63, 3.8) is 0 Å². The van der Waals surface area contributed by atoms with Crippen LogP contribution in [0.4, 0.5) is 10.8 Å². The van der Waals surface area contributed by atoms with E-state index in [9.17, 15) is 9.59 Å². The maximum atomic E-state index is 12.6. The molecule has 2 heterocycles. The maximum absolute atomic E-state index is 12.6. The average molecular weight is 372 g/mol. The molecule has 26 heavy (non-hydrogen) atoms. The van der Waals surface area contributed by atoms with E-state index in [2.05, 4.69) is 28.5 Å². The van der Waals surface area contributed by atoms with Crippen LogP contribution in [0, 0.1) is 5.41 Å². The molecule has 7 heteroatoms. The van der Waals surface area contributed by atoms with Gasteiger partial charge < -0.3 is 10.2 Å². The lowest BCUT2D eigenvalue weighted by Crippen LogP contribution is -2.27. The number of nitrogens with zero attached hydrogens (tertiary/aromatic N) is 3. The third kappa shape index (κ3) is 3.77. The molecule has 0 radical (unpaired) electrons. The van der Waals surface area contributed by atoms with Gasteiger partial charge in [-0.05, 0) is 18.1 Å². The number of aromatic nitrogens is 2. The minimum absolute atomic E-state index is 0.00482. The summed E-state index contributed by atoms with van der Waals surface area (Å²) >= 11 is 1.35. The largest absolute Gasteiger partial charge is 0.311 e. The van der Waals surface area contributed by atoms with Gasteiger partial charge in [0.15, 0.2) is 0 Å². The van der Waals surface area contributed by atoms with Crippen molar-refractivity contribution in [3.05, 3.63) is 34.8 Å². The Balaban J connectivity index is 1.74. The Morgan fingerprint density at radius 3 is 2.73 bits per heavy atom. The SMILES string of the molecule is CCc1ccccc1N1C[C@H](c2nnc(NC(=O)C(C)(C)C)s2)CC1=O. The first-order chi connectivity index (χ1) is 12.3. The molecule has 3 rings (SSSR count). The van der Waals surface area contributed by atoms with Crippen molar-refractivity contribution in [2.75, 3.05) is 16.8 Å². The van der Waals surface area contributed by atoms with Crippen molar-refractivity contribution >= 4 is 34.0 Å². The van der Waals surface area contributed by atoms with Crippen molar-refractivity contribution in [3.8, 4) is 0 Å². The monoisotopic (exact) mass is 372 g/mol. The second-order valence-corrected chi connectivity index (χ2v) is 8.55. The van der Waals surface area contributed by atoms with Crippen LogP contribution in [-0.4, -0.2) is 28.6 Å². The van der Waals surface area contributed by atoms with Crippen LogP contribution < -0.4 is 10.2 Å². The highest BCUT2D eigenvalue weighted by molar-refractivity contribution is 7.15. The number of amides is 2. The number of nitrogens with one attached hydrogen (secondary N) is 1. The highest BCUT2D eigenvalue weighted by atomic mass is 32.1.